The molecule has 0 fully saturated rings. The lowest BCUT2D eigenvalue weighted by Gasteiger charge is -2.20. The Bertz CT molecular complexity index is 1910. The van der Waals surface area contributed by atoms with Crippen LogP contribution in [0.4, 0.5) is 0 Å². The molecule has 178 valence electrons. The number of fused-ring (bicyclic) bond motifs is 2. The van der Waals surface area contributed by atoms with Crippen molar-refractivity contribution < 1.29 is 0 Å². The van der Waals surface area contributed by atoms with Gasteiger partial charge in [0.15, 0.2) is 0 Å². The molecule has 0 bridgehead atoms. The van der Waals surface area contributed by atoms with Gasteiger partial charge in [0.2, 0.25) is 0 Å². The third kappa shape index (κ3) is 3.88. The van der Waals surface area contributed by atoms with Crippen LogP contribution in [0.3, 0.4) is 0 Å². The fourth-order valence-corrected chi connectivity index (χ4v) is 5.37. The highest BCUT2D eigenvalue weighted by Crippen LogP contribution is 2.43. The largest absolute Gasteiger partial charge is 0.263 e. The summed E-state index contributed by atoms with van der Waals surface area (Å²) in [5, 5.41) is 13.9. The van der Waals surface area contributed by atoms with Crippen LogP contribution in [0.1, 0.15) is 16.7 Å². The highest BCUT2D eigenvalue weighted by Gasteiger charge is 2.18. The molecule has 0 aliphatic heterocycles. The van der Waals surface area contributed by atoms with Gasteiger partial charge in [-0.15, -0.1) is 0 Å². The first kappa shape index (κ1) is 23.2. The SMILES string of the molecule is C=Cc1c(C=C)c(-c2ccc3cc(-c4cncc(C#N)c4)ccc3c2)c2ccccc2c1-c1ccccc1. The summed E-state index contributed by atoms with van der Waals surface area (Å²) in [6.07, 6.45) is 7.28. The summed E-state index contributed by atoms with van der Waals surface area (Å²) < 4.78 is 0. The minimum Gasteiger partial charge on any atom is -0.263 e. The molecule has 0 atom stereocenters. The van der Waals surface area contributed by atoms with Gasteiger partial charge in [-0.3, -0.25) is 4.98 Å². The number of rotatable bonds is 5. The topological polar surface area (TPSA) is 36.7 Å². The molecule has 6 aromatic rings. The van der Waals surface area contributed by atoms with Crippen molar-refractivity contribution in [2.45, 2.75) is 0 Å². The maximum absolute atomic E-state index is 9.25. The van der Waals surface area contributed by atoms with Gasteiger partial charge in [-0.2, -0.15) is 5.26 Å². The van der Waals surface area contributed by atoms with Crippen molar-refractivity contribution in [1.29, 1.82) is 5.26 Å². The number of pyridine rings is 1. The fourth-order valence-electron chi connectivity index (χ4n) is 5.37. The van der Waals surface area contributed by atoms with Crippen molar-refractivity contribution >= 4 is 33.7 Å². The van der Waals surface area contributed by atoms with E-state index in [1.165, 1.54) is 16.3 Å². The molecule has 0 saturated heterocycles. The lowest BCUT2D eigenvalue weighted by atomic mass is 9.83. The van der Waals surface area contributed by atoms with Gasteiger partial charge in [-0.25, -0.2) is 0 Å². The summed E-state index contributed by atoms with van der Waals surface area (Å²) >= 11 is 0. The van der Waals surface area contributed by atoms with Crippen LogP contribution < -0.4 is 0 Å². The maximum atomic E-state index is 9.25. The Morgan fingerprint density at radius 1 is 0.579 bits per heavy atom. The van der Waals surface area contributed by atoms with E-state index < -0.39 is 0 Å². The molecule has 0 amide bonds. The van der Waals surface area contributed by atoms with E-state index in [1.54, 1.807) is 12.4 Å². The Balaban J connectivity index is 1.58. The minimum atomic E-state index is 0.554. The first-order chi connectivity index (χ1) is 18.7. The summed E-state index contributed by atoms with van der Waals surface area (Å²) in [7, 11) is 0. The lowest BCUT2D eigenvalue weighted by molar-refractivity contribution is 1.30. The van der Waals surface area contributed by atoms with E-state index in [4.69, 9.17) is 0 Å². The standard InChI is InChI=1S/C36H24N2/c1-3-31-32(4-2)36(34-13-9-8-12-33(34)35(31)25-10-6-5-7-11-25)29-17-16-26-19-28(15-14-27(26)20-29)30-18-24(21-37)22-38-23-30/h3-20,22-23H,1-2H2. The van der Waals surface area contributed by atoms with Crippen LogP contribution in [0.25, 0.3) is 67.1 Å². The second-order valence-corrected chi connectivity index (χ2v) is 9.25. The molecular weight excluding hydrogens is 460 g/mol. The van der Waals surface area contributed by atoms with Gasteiger partial charge >= 0.3 is 0 Å². The minimum absolute atomic E-state index is 0.554. The number of nitriles is 1. The zero-order valence-electron chi connectivity index (χ0n) is 20.9. The molecule has 6 rings (SSSR count). The first-order valence-corrected chi connectivity index (χ1v) is 12.5. The van der Waals surface area contributed by atoms with E-state index in [9.17, 15) is 5.26 Å². The van der Waals surface area contributed by atoms with Gasteiger partial charge in [0.05, 0.1) is 5.56 Å². The van der Waals surface area contributed by atoms with Crippen LogP contribution in [-0.2, 0) is 0 Å². The van der Waals surface area contributed by atoms with Gasteiger partial charge in [0.1, 0.15) is 6.07 Å². The first-order valence-electron chi connectivity index (χ1n) is 12.5. The smallest absolute Gasteiger partial charge is 0.101 e. The van der Waals surface area contributed by atoms with Gasteiger partial charge in [-0.1, -0.05) is 104 Å². The number of nitrogens with zero attached hydrogens (tertiary/aromatic N) is 2. The number of hydrogen-bond acceptors (Lipinski definition) is 2. The molecule has 0 radical (unpaired) electrons. The van der Waals surface area contributed by atoms with E-state index >= 15 is 0 Å². The number of benzene rings is 5. The molecular formula is C36H24N2. The Morgan fingerprint density at radius 3 is 1.79 bits per heavy atom. The predicted molar refractivity (Wildman–Crippen MR) is 160 cm³/mol. The predicted octanol–water partition coefficient (Wildman–Crippen LogP) is 9.55. The average molecular weight is 485 g/mol. The monoisotopic (exact) mass is 484 g/mol. The molecule has 5 aromatic carbocycles. The lowest BCUT2D eigenvalue weighted by Crippen LogP contribution is -1.96. The second kappa shape index (κ2) is 9.65. The summed E-state index contributed by atoms with van der Waals surface area (Å²) in [6.45, 7) is 8.41. The summed E-state index contributed by atoms with van der Waals surface area (Å²) in [4.78, 5) is 4.22. The third-order valence-electron chi connectivity index (χ3n) is 7.09. The number of aromatic nitrogens is 1. The Morgan fingerprint density at radius 2 is 1.16 bits per heavy atom. The van der Waals surface area contributed by atoms with Gasteiger partial charge in [0.25, 0.3) is 0 Å². The van der Waals surface area contributed by atoms with Crippen LogP contribution in [0.2, 0.25) is 0 Å². The summed E-state index contributed by atoms with van der Waals surface area (Å²) in [5.74, 6) is 0. The quantitative estimate of drug-likeness (QED) is 0.244. The zero-order valence-corrected chi connectivity index (χ0v) is 20.9. The maximum Gasteiger partial charge on any atom is 0.101 e. The van der Waals surface area contributed by atoms with Crippen LogP contribution in [0.5, 0.6) is 0 Å². The second-order valence-electron chi connectivity index (χ2n) is 9.25. The average Bonchev–Trinajstić information content (AvgIpc) is 2.99. The molecule has 0 aliphatic rings. The normalized spacial score (nSPS) is 10.8. The van der Waals surface area contributed by atoms with Crippen LogP contribution >= 0.6 is 0 Å². The highest BCUT2D eigenvalue weighted by atomic mass is 14.6. The molecule has 1 heterocycles. The zero-order chi connectivity index (χ0) is 26.1. The van der Waals surface area contributed by atoms with Gasteiger partial charge < -0.3 is 0 Å². The number of hydrogen-bond donors (Lipinski definition) is 0. The molecule has 38 heavy (non-hydrogen) atoms. The summed E-state index contributed by atoms with van der Waals surface area (Å²) in [6, 6.07) is 36.1. The van der Waals surface area contributed by atoms with E-state index in [1.807, 2.05) is 24.3 Å². The molecule has 0 saturated carbocycles. The van der Waals surface area contributed by atoms with E-state index in [-0.39, 0.29) is 0 Å². The van der Waals surface area contributed by atoms with Crippen molar-refractivity contribution in [3.63, 3.8) is 0 Å². The molecule has 0 N–H and O–H groups in total. The van der Waals surface area contributed by atoms with Gasteiger partial charge in [-0.05, 0) is 78.7 Å². The molecule has 2 nitrogen and oxygen atoms in total. The Kier molecular flexibility index (Phi) is 5.88. The van der Waals surface area contributed by atoms with Crippen molar-refractivity contribution in [2.24, 2.45) is 0 Å². The molecule has 0 unspecified atom stereocenters. The van der Waals surface area contributed by atoms with Gasteiger partial charge in [0, 0.05) is 18.0 Å². The third-order valence-corrected chi connectivity index (χ3v) is 7.09. The van der Waals surface area contributed by atoms with Crippen molar-refractivity contribution in [3.05, 3.63) is 139 Å². The van der Waals surface area contributed by atoms with Crippen LogP contribution in [0, 0.1) is 11.3 Å². The Hall–Kier alpha value is -5.26. The Labute approximate surface area is 222 Å². The molecule has 2 heteroatoms. The van der Waals surface area contributed by atoms with E-state index in [0.717, 1.165) is 49.7 Å². The van der Waals surface area contributed by atoms with E-state index in [0.29, 0.717) is 5.56 Å². The van der Waals surface area contributed by atoms with Crippen LogP contribution in [-0.4, -0.2) is 4.98 Å². The highest BCUT2D eigenvalue weighted by molar-refractivity contribution is 6.12. The molecule has 1 aromatic heterocycles. The molecule has 0 spiro atoms. The van der Waals surface area contributed by atoms with Crippen molar-refractivity contribution in [2.75, 3.05) is 0 Å². The van der Waals surface area contributed by atoms with Crippen molar-refractivity contribution in [1.82, 2.24) is 4.98 Å². The van der Waals surface area contributed by atoms with Crippen LogP contribution in [0.15, 0.2) is 123 Å². The van der Waals surface area contributed by atoms with E-state index in [2.05, 4.69) is 109 Å². The fraction of sp³-hybridized carbons (Fsp3) is 0. The van der Waals surface area contributed by atoms with Crippen molar-refractivity contribution in [3.8, 4) is 39.4 Å². The molecule has 0 aliphatic carbocycles. The summed E-state index contributed by atoms with van der Waals surface area (Å²) in [5.41, 5.74) is 9.30.